The van der Waals surface area contributed by atoms with Gasteiger partial charge in [-0.3, -0.25) is 19.9 Å². The van der Waals surface area contributed by atoms with E-state index >= 15 is 0 Å². The van der Waals surface area contributed by atoms with Crippen molar-refractivity contribution in [3.63, 3.8) is 0 Å². The lowest BCUT2D eigenvalue weighted by Crippen LogP contribution is -2.50. The number of nitrogens with two attached hydrogens (primary N) is 1. The van der Waals surface area contributed by atoms with Crippen molar-refractivity contribution in [1.29, 1.82) is 5.41 Å². The van der Waals surface area contributed by atoms with Gasteiger partial charge < -0.3 is 15.4 Å². The summed E-state index contributed by atoms with van der Waals surface area (Å²) >= 11 is 0. The quantitative estimate of drug-likeness (QED) is 0.331. The Bertz CT molecular complexity index is 1250. The summed E-state index contributed by atoms with van der Waals surface area (Å²) in [6.45, 7) is -0.281. The molecule has 0 aliphatic heterocycles. The normalized spacial score (nSPS) is 11.9. The number of nitrogen functional groups attached to an aromatic ring is 1. The van der Waals surface area contributed by atoms with Gasteiger partial charge in [-0.2, -0.15) is 13.2 Å². The standard InChI is InChI=1S/C27H27F3N4O3/c1-33(2)25(35)19-11-13-21(14-12-19)34(26(36)27(28,29)30)22(15-18-7-4-3-5-8-18)17-37-23-10-6-9-20(16-23)24(31)32/h3-14,16,22H,15,17H2,1-2H3,(H3,31,32)/t22-/m1/s1. The molecule has 0 bridgehead atoms. The molecule has 0 heterocycles. The second-order valence-electron chi connectivity index (χ2n) is 8.52. The van der Waals surface area contributed by atoms with E-state index in [0.717, 1.165) is 0 Å². The third-order valence-corrected chi connectivity index (χ3v) is 5.53. The van der Waals surface area contributed by atoms with E-state index in [-0.39, 0.29) is 41.8 Å². The molecular weight excluding hydrogens is 485 g/mol. The maximum absolute atomic E-state index is 13.8. The fourth-order valence-electron chi connectivity index (χ4n) is 3.71. The monoisotopic (exact) mass is 512 g/mol. The van der Waals surface area contributed by atoms with Gasteiger partial charge in [0, 0.05) is 30.9 Å². The molecule has 7 nitrogen and oxygen atoms in total. The molecule has 0 aliphatic carbocycles. The van der Waals surface area contributed by atoms with E-state index in [1.54, 1.807) is 62.6 Å². The molecule has 37 heavy (non-hydrogen) atoms. The molecule has 10 heteroatoms. The zero-order valence-corrected chi connectivity index (χ0v) is 20.3. The number of benzene rings is 3. The molecule has 0 aliphatic rings. The van der Waals surface area contributed by atoms with E-state index in [1.165, 1.54) is 35.2 Å². The molecule has 0 spiro atoms. The van der Waals surface area contributed by atoms with E-state index in [9.17, 15) is 22.8 Å². The summed E-state index contributed by atoms with van der Waals surface area (Å²) in [5.74, 6) is -2.28. The number of amides is 2. The topological polar surface area (TPSA) is 99.7 Å². The number of hydrogen-bond donors (Lipinski definition) is 2. The first-order valence-electron chi connectivity index (χ1n) is 11.3. The summed E-state index contributed by atoms with van der Waals surface area (Å²) in [6.07, 6.45) is -5.09. The minimum Gasteiger partial charge on any atom is -0.491 e. The second-order valence-corrected chi connectivity index (χ2v) is 8.52. The molecule has 3 N–H and O–H groups in total. The largest absolute Gasteiger partial charge is 0.491 e. The van der Waals surface area contributed by atoms with E-state index < -0.39 is 18.1 Å². The van der Waals surface area contributed by atoms with Crippen LogP contribution in [-0.4, -0.2) is 55.5 Å². The van der Waals surface area contributed by atoms with Crippen molar-refractivity contribution in [3.8, 4) is 5.75 Å². The summed E-state index contributed by atoms with van der Waals surface area (Å²) in [7, 11) is 3.12. The third-order valence-electron chi connectivity index (χ3n) is 5.53. The molecule has 2 amide bonds. The number of halogens is 3. The summed E-state index contributed by atoms with van der Waals surface area (Å²) in [6, 6.07) is 19.4. The Balaban J connectivity index is 2.01. The predicted molar refractivity (Wildman–Crippen MR) is 135 cm³/mol. The Morgan fingerprint density at radius 1 is 0.946 bits per heavy atom. The number of anilines is 1. The van der Waals surface area contributed by atoms with E-state index in [0.29, 0.717) is 16.0 Å². The lowest BCUT2D eigenvalue weighted by atomic mass is 10.0. The zero-order chi connectivity index (χ0) is 27.2. The number of carbonyl (C=O) groups is 2. The first kappa shape index (κ1) is 27.3. The number of rotatable bonds is 9. The van der Waals surface area contributed by atoms with Crippen LogP contribution in [0, 0.1) is 5.41 Å². The molecule has 194 valence electrons. The summed E-state index contributed by atoms with van der Waals surface area (Å²) in [5.41, 5.74) is 6.86. The van der Waals surface area contributed by atoms with Crippen LogP contribution >= 0.6 is 0 Å². The average Bonchev–Trinajstić information content (AvgIpc) is 2.87. The molecule has 3 rings (SSSR count). The Hall–Kier alpha value is -4.34. The number of amidine groups is 1. The fraction of sp³-hybridized carbons (Fsp3) is 0.222. The number of alkyl halides is 3. The van der Waals surface area contributed by atoms with Gasteiger partial charge in [-0.05, 0) is 48.4 Å². The maximum atomic E-state index is 13.8. The zero-order valence-electron chi connectivity index (χ0n) is 20.3. The highest BCUT2D eigenvalue weighted by Crippen LogP contribution is 2.28. The molecule has 0 fully saturated rings. The van der Waals surface area contributed by atoms with E-state index in [2.05, 4.69) is 0 Å². The minimum absolute atomic E-state index is 0.0281. The maximum Gasteiger partial charge on any atom is 0.471 e. The Labute approximate surface area is 212 Å². The van der Waals surface area contributed by atoms with Crippen LogP contribution in [0.2, 0.25) is 0 Å². The van der Waals surface area contributed by atoms with Crippen LogP contribution < -0.4 is 15.4 Å². The van der Waals surface area contributed by atoms with Crippen LogP contribution in [0.1, 0.15) is 21.5 Å². The van der Waals surface area contributed by atoms with Gasteiger partial charge in [0.2, 0.25) is 0 Å². The lowest BCUT2D eigenvalue weighted by Gasteiger charge is -2.32. The fourth-order valence-corrected chi connectivity index (χ4v) is 3.71. The van der Waals surface area contributed by atoms with Crippen LogP contribution in [0.15, 0.2) is 78.9 Å². The number of ether oxygens (including phenoxy) is 1. The average molecular weight is 513 g/mol. The van der Waals surface area contributed by atoms with Crippen molar-refractivity contribution in [2.24, 2.45) is 5.73 Å². The van der Waals surface area contributed by atoms with Gasteiger partial charge in [0.25, 0.3) is 5.91 Å². The third kappa shape index (κ3) is 7.09. The van der Waals surface area contributed by atoms with Crippen molar-refractivity contribution < 1.29 is 27.5 Å². The Morgan fingerprint density at radius 3 is 2.16 bits per heavy atom. The number of carbonyl (C=O) groups excluding carboxylic acids is 2. The molecule has 3 aromatic carbocycles. The van der Waals surface area contributed by atoms with Crippen molar-refractivity contribution in [1.82, 2.24) is 4.90 Å². The SMILES string of the molecule is CN(C)C(=O)c1ccc(N(C(=O)C(F)(F)F)[C@@H](COc2cccc(C(=N)N)c2)Cc2ccccc2)cc1. The highest BCUT2D eigenvalue weighted by molar-refractivity contribution is 5.99. The van der Waals surface area contributed by atoms with E-state index in [1.807, 2.05) is 0 Å². The van der Waals surface area contributed by atoms with E-state index in [4.69, 9.17) is 15.9 Å². The van der Waals surface area contributed by atoms with Crippen molar-refractivity contribution in [3.05, 3.63) is 95.6 Å². The van der Waals surface area contributed by atoms with Gasteiger partial charge in [-0.1, -0.05) is 42.5 Å². The van der Waals surface area contributed by atoms with Gasteiger partial charge in [0.05, 0.1) is 6.04 Å². The van der Waals surface area contributed by atoms with Gasteiger partial charge in [0.15, 0.2) is 0 Å². The van der Waals surface area contributed by atoms with Crippen LogP contribution in [0.4, 0.5) is 18.9 Å². The van der Waals surface area contributed by atoms with Crippen LogP contribution in [0.5, 0.6) is 5.75 Å². The summed E-state index contributed by atoms with van der Waals surface area (Å²) in [5, 5.41) is 7.59. The molecular formula is C27H27F3N4O3. The number of nitrogens with one attached hydrogen (secondary N) is 1. The molecule has 0 aromatic heterocycles. The summed E-state index contributed by atoms with van der Waals surface area (Å²) in [4.78, 5) is 27.0. The smallest absolute Gasteiger partial charge is 0.471 e. The van der Waals surface area contributed by atoms with Crippen LogP contribution in [-0.2, 0) is 11.2 Å². The van der Waals surface area contributed by atoms with Crippen molar-refractivity contribution in [2.75, 3.05) is 25.6 Å². The number of hydrogen-bond acceptors (Lipinski definition) is 4. The first-order chi connectivity index (χ1) is 17.5. The van der Waals surface area contributed by atoms with Gasteiger partial charge in [-0.15, -0.1) is 0 Å². The Morgan fingerprint density at radius 2 is 1.59 bits per heavy atom. The van der Waals surface area contributed by atoms with Crippen LogP contribution in [0.3, 0.4) is 0 Å². The number of nitrogens with zero attached hydrogens (tertiary/aromatic N) is 2. The molecule has 0 saturated carbocycles. The molecule has 0 saturated heterocycles. The van der Waals surface area contributed by atoms with Gasteiger partial charge >= 0.3 is 12.1 Å². The lowest BCUT2D eigenvalue weighted by molar-refractivity contribution is -0.171. The van der Waals surface area contributed by atoms with Gasteiger partial charge in [-0.25, -0.2) is 0 Å². The second kappa shape index (κ2) is 11.6. The molecule has 0 unspecified atom stereocenters. The molecule has 3 aromatic rings. The minimum atomic E-state index is -5.15. The molecule has 1 atom stereocenters. The predicted octanol–water partition coefficient (Wildman–Crippen LogP) is 4.26. The highest BCUT2D eigenvalue weighted by Gasteiger charge is 2.45. The molecule has 0 radical (unpaired) electrons. The first-order valence-corrected chi connectivity index (χ1v) is 11.3. The van der Waals surface area contributed by atoms with Crippen molar-refractivity contribution >= 4 is 23.3 Å². The summed E-state index contributed by atoms with van der Waals surface area (Å²) < 4.78 is 47.1. The Kier molecular flexibility index (Phi) is 8.54. The van der Waals surface area contributed by atoms with Crippen LogP contribution in [0.25, 0.3) is 0 Å². The van der Waals surface area contributed by atoms with Gasteiger partial charge in [0.1, 0.15) is 18.2 Å². The highest BCUT2D eigenvalue weighted by atomic mass is 19.4. The van der Waals surface area contributed by atoms with Crippen molar-refractivity contribution in [2.45, 2.75) is 18.6 Å².